The number of aliphatic hydroxyl groups is 2. The Bertz CT molecular complexity index is 538. The molecule has 0 bridgehead atoms. The fourth-order valence-electron chi connectivity index (χ4n) is 6.30. The number of rotatable bonds is 3. The number of allylic oxidation sites excluding steroid dienone is 1. The monoisotopic (exact) mass is 331 g/mol. The van der Waals surface area contributed by atoms with Gasteiger partial charge in [-0.2, -0.15) is 5.26 Å². The van der Waals surface area contributed by atoms with Crippen LogP contribution < -0.4 is 0 Å². The summed E-state index contributed by atoms with van der Waals surface area (Å²) >= 11 is 0. The highest BCUT2D eigenvalue weighted by molar-refractivity contribution is 5.21. The highest BCUT2D eigenvalue weighted by atomic mass is 16.3. The van der Waals surface area contributed by atoms with Gasteiger partial charge in [-0.05, 0) is 80.0 Å². The van der Waals surface area contributed by atoms with Crippen LogP contribution in [0.2, 0.25) is 0 Å². The molecule has 0 aliphatic heterocycles. The average molecular weight is 332 g/mol. The molecule has 3 heteroatoms. The van der Waals surface area contributed by atoms with Gasteiger partial charge in [0.25, 0.3) is 0 Å². The van der Waals surface area contributed by atoms with Crippen LogP contribution in [0, 0.1) is 39.9 Å². The molecule has 3 unspecified atom stereocenters. The molecule has 3 aliphatic rings. The predicted molar refractivity (Wildman–Crippen MR) is 95.0 cm³/mol. The highest BCUT2D eigenvalue weighted by Gasteiger charge is 2.56. The van der Waals surface area contributed by atoms with Crippen molar-refractivity contribution in [3.63, 3.8) is 0 Å². The van der Waals surface area contributed by atoms with Crippen LogP contribution in [0.3, 0.4) is 0 Å². The van der Waals surface area contributed by atoms with E-state index in [9.17, 15) is 10.2 Å². The van der Waals surface area contributed by atoms with Gasteiger partial charge in [-0.1, -0.05) is 26.0 Å². The molecule has 3 fully saturated rings. The summed E-state index contributed by atoms with van der Waals surface area (Å²) in [6.07, 6.45) is 7.77. The molecule has 0 aromatic rings. The lowest BCUT2D eigenvalue weighted by atomic mass is 9.51. The largest absolute Gasteiger partial charge is 0.393 e. The summed E-state index contributed by atoms with van der Waals surface area (Å²) in [5, 5.41) is 30.4. The van der Waals surface area contributed by atoms with Crippen molar-refractivity contribution in [2.75, 3.05) is 0 Å². The van der Waals surface area contributed by atoms with Crippen molar-refractivity contribution in [2.24, 2.45) is 28.6 Å². The number of nitriles is 1. The van der Waals surface area contributed by atoms with Crippen molar-refractivity contribution < 1.29 is 10.2 Å². The molecule has 0 saturated heterocycles. The van der Waals surface area contributed by atoms with Crippen LogP contribution >= 0.6 is 0 Å². The summed E-state index contributed by atoms with van der Waals surface area (Å²) in [4.78, 5) is 0. The van der Waals surface area contributed by atoms with Gasteiger partial charge < -0.3 is 10.2 Å². The van der Waals surface area contributed by atoms with Crippen LogP contribution in [-0.4, -0.2) is 22.4 Å². The number of nitrogens with zero attached hydrogens (tertiary/aromatic N) is 1. The van der Waals surface area contributed by atoms with Crippen LogP contribution in [-0.2, 0) is 0 Å². The Balaban J connectivity index is 1.83. The predicted octanol–water partition coefficient (Wildman–Crippen LogP) is 4.20. The van der Waals surface area contributed by atoms with E-state index in [-0.39, 0.29) is 29.0 Å². The minimum absolute atomic E-state index is 0.0424. The maximum absolute atomic E-state index is 11.3. The van der Waals surface area contributed by atoms with Crippen molar-refractivity contribution in [1.29, 1.82) is 5.26 Å². The van der Waals surface area contributed by atoms with E-state index in [2.05, 4.69) is 26.5 Å². The third-order valence-electron chi connectivity index (χ3n) is 8.14. The molecule has 0 spiro atoms. The van der Waals surface area contributed by atoms with E-state index in [0.29, 0.717) is 18.3 Å². The minimum Gasteiger partial charge on any atom is -0.393 e. The van der Waals surface area contributed by atoms with Gasteiger partial charge in [0.2, 0.25) is 0 Å². The fourth-order valence-corrected chi connectivity index (χ4v) is 6.30. The Morgan fingerprint density at radius 3 is 2.62 bits per heavy atom. The molecule has 7 atom stereocenters. The van der Waals surface area contributed by atoms with Gasteiger partial charge >= 0.3 is 0 Å². The first-order valence-electron chi connectivity index (χ1n) is 9.74. The molecule has 0 heterocycles. The first kappa shape index (κ1) is 18.0. The Labute approximate surface area is 146 Å². The van der Waals surface area contributed by atoms with Crippen LogP contribution in [0.25, 0.3) is 0 Å². The van der Waals surface area contributed by atoms with Gasteiger partial charge in [-0.15, -0.1) is 0 Å². The lowest BCUT2D eigenvalue weighted by Gasteiger charge is -2.55. The van der Waals surface area contributed by atoms with Gasteiger partial charge in [0.05, 0.1) is 18.3 Å². The number of hydrogen-bond acceptors (Lipinski definition) is 3. The Morgan fingerprint density at radius 2 is 1.92 bits per heavy atom. The first-order chi connectivity index (χ1) is 11.3. The van der Waals surface area contributed by atoms with E-state index in [1.165, 1.54) is 5.57 Å². The molecule has 3 nitrogen and oxygen atoms in total. The topological polar surface area (TPSA) is 64.2 Å². The Kier molecular flexibility index (Phi) is 4.84. The summed E-state index contributed by atoms with van der Waals surface area (Å²) in [5.74, 6) is 0.969. The van der Waals surface area contributed by atoms with Crippen LogP contribution in [0.5, 0.6) is 0 Å². The van der Waals surface area contributed by atoms with Gasteiger partial charge in [0.1, 0.15) is 0 Å². The third kappa shape index (κ3) is 2.72. The fraction of sp³-hybridized carbons (Fsp3) is 0.857. The lowest BCUT2D eigenvalue weighted by Crippen LogP contribution is -2.52. The average Bonchev–Trinajstić information content (AvgIpc) is 2.85. The third-order valence-corrected chi connectivity index (χ3v) is 8.14. The standard InChI is InChI=1S/C21H33NO2/c1-14-6-7-17-19(24)18(9-11-20(14,17)2)21(3)10-8-16(23)13-15(21)5-4-12-22/h15-19,23-24H,1,4-11,13H2,2-3H3/t15?,16?,17-,18-,19-,20+,21?/m0/s1. The second-order valence-electron chi connectivity index (χ2n) is 9.13. The normalized spacial score (nSPS) is 48.8. The first-order valence-corrected chi connectivity index (χ1v) is 9.74. The van der Waals surface area contributed by atoms with Gasteiger partial charge in [0.15, 0.2) is 0 Å². The Morgan fingerprint density at radius 1 is 1.17 bits per heavy atom. The number of aliphatic hydroxyl groups excluding tert-OH is 2. The van der Waals surface area contributed by atoms with Crippen LogP contribution in [0.4, 0.5) is 0 Å². The summed E-state index contributed by atoms with van der Waals surface area (Å²) in [6.45, 7) is 8.90. The summed E-state index contributed by atoms with van der Waals surface area (Å²) in [7, 11) is 0. The molecule has 0 amide bonds. The molecular weight excluding hydrogens is 298 g/mol. The van der Waals surface area contributed by atoms with Crippen molar-refractivity contribution in [2.45, 2.75) is 83.8 Å². The van der Waals surface area contributed by atoms with Crippen LogP contribution in [0.15, 0.2) is 12.2 Å². The minimum atomic E-state index is -0.271. The summed E-state index contributed by atoms with van der Waals surface area (Å²) < 4.78 is 0. The van der Waals surface area contributed by atoms with Gasteiger partial charge in [0, 0.05) is 6.42 Å². The number of hydrogen-bond donors (Lipinski definition) is 2. The zero-order valence-corrected chi connectivity index (χ0v) is 15.3. The molecule has 3 aliphatic carbocycles. The summed E-state index contributed by atoms with van der Waals surface area (Å²) in [5.41, 5.74) is 1.49. The van der Waals surface area contributed by atoms with Crippen molar-refractivity contribution in [1.82, 2.24) is 0 Å². The van der Waals surface area contributed by atoms with E-state index in [1.54, 1.807) is 0 Å². The van der Waals surface area contributed by atoms with E-state index in [4.69, 9.17) is 5.26 Å². The lowest BCUT2D eigenvalue weighted by molar-refractivity contribution is -0.120. The Hall–Kier alpha value is -0.850. The molecular formula is C21H33NO2. The smallest absolute Gasteiger partial charge is 0.0621 e. The summed E-state index contributed by atoms with van der Waals surface area (Å²) in [6, 6.07) is 2.27. The van der Waals surface area contributed by atoms with Crippen molar-refractivity contribution in [3.8, 4) is 6.07 Å². The molecule has 0 aromatic heterocycles. The molecule has 3 rings (SSSR count). The molecule has 3 saturated carbocycles. The van der Waals surface area contributed by atoms with Gasteiger partial charge in [-0.25, -0.2) is 0 Å². The maximum atomic E-state index is 11.3. The molecule has 0 aromatic carbocycles. The molecule has 24 heavy (non-hydrogen) atoms. The zero-order valence-electron chi connectivity index (χ0n) is 15.3. The second kappa shape index (κ2) is 6.46. The number of fused-ring (bicyclic) bond motifs is 1. The van der Waals surface area contributed by atoms with Crippen molar-refractivity contribution >= 4 is 0 Å². The molecule has 134 valence electrons. The maximum Gasteiger partial charge on any atom is 0.0621 e. The van der Waals surface area contributed by atoms with E-state index in [0.717, 1.165) is 51.4 Å². The van der Waals surface area contributed by atoms with E-state index in [1.807, 2.05) is 0 Å². The second-order valence-corrected chi connectivity index (χ2v) is 9.13. The van der Waals surface area contributed by atoms with E-state index < -0.39 is 0 Å². The zero-order chi connectivity index (χ0) is 17.5. The molecule has 0 radical (unpaired) electrons. The quantitative estimate of drug-likeness (QED) is 0.762. The SMILES string of the molecule is C=C1CC[C@H]2[C@H](O)[C@@H](C3(C)CCC(O)CC3CCC#N)CC[C@]12C. The highest BCUT2D eigenvalue weighted by Crippen LogP contribution is 2.61. The van der Waals surface area contributed by atoms with Crippen LogP contribution in [0.1, 0.15) is 71.6 Å². The van der Waals surface area contributed by atoms with Crippen molar-refractivity contribution in [3.05, 3.63) is 12.2 Å². The molecule has 2 N–H and O–H groups in total. The van der Waals surface area contributed by atoms with Gasteiger partial charge in [-0.3, -0.25) is 0 Å². The van der Waals surface area contributed by atoms with E-state index >= 15 is 0 Å².